The molecule has 0 aliphatic heterocycles. The molecule has 2 N–H and O–H groups in total. The van der Waals surface area contributed by atoms with Gasteiger partial charge >= 0.3 is 17.9 Å². The van der Waals surface area contributed by atoms with Gasteiger partial charge in [-0.3, -0.25) is 4.79 Å². The molecule has 5 aromatic rings. The van der Waals surface area contributed by atoms with Crippen LogP contribution in [0.1, 0.15) is 44.0 Å². The predicted octanol–water partition coefficient (Wildman–Crippen LogP) is 9.65. The maximum atomic E-state index is 12.4. The highest BCUT2D eigenvalue weighted by atomic mass is 79.9. The second-order valence-electron chi connectivity index (χ2n) is 12.5. The van der Waals surface area contributed by atoms with E-state index in [1.807, 2.05) is 60.7 Å². The van der Waals surface area contributed by atoms with Crippen LogP contribution in [0.15, 0.2) is 123 Å². The molecule has 0 unspecified atom stereocenters. The number of halogens is 2. The third kappa shape index (κ3) is 17.4. The van der Waals surface area contributed by atoms with E-state index >= 15 is 0 Å². The number of para-hydroxylation sites is 2. The number of aromatic amines is 1. The number of nitrogens with one attached hydrogen (secondary N) is 2. The van der Waals surface area contributed by atoms with E-state index in [1.54, 1.807) is 65.3 Å². The summed E-state index contributed by atoms with van der Waals surface area (Å²) in [4.78, 5) is 51.0. The second-order valence-corrected chi connectivity index (χ2v) is 14.2. The molecule has 16 heteroatoms. The fraction of sp³-hybridized carbons (Fsp3) is 0.304. The second kappa shape index (κ2) is 28.8. The van der Waals surface area contributed by atoms with E-state index in [4.69, 9.17) is 37.9 Å². The summed E-state index contributed by atoms with van der Waals surface area (Å²) in [6, 6.07) is 28.2. The van der Waals surface area contributed by atoms with Crippen molar-refractivity contribution in [2.75, 3.05) is 65.8 Å². The first-order valence-electron chi connectivity index (χ1n) is 19.7. The summed E-state index contributed by atoms with van der Waals surface area (Å²) in [6.07, 6.45) is 4.16. The van der Waals surface area contributed by atoms with Gasteiger partial charge in [-0.2, -0.15) is 0 Å². The highest BCUT2D eigenvalue weighted by Gasteiger charge is 2.21. The minimum absolute atomic E-state index is 0.0139. The first-order chi connectivity index (χ1) is 30.1. The molecule has 1 heterocycles. The molecule has 0 saturated carbocycles. The van der Waals surface area contributed by atoms with Crippen molar-refractivity contribution in [1.82, 2.24) is 4.98 Å². The summed E-state index contributed by atoms with van der Waals surface area (Å²) in [5.74, 6) is 0.869. The van der Waals surface area contributed by atoms with E-state index in [-0.39, 0.29) is 36.4 Å². The molecule has 1 aromatic heterocycles. The molecule has 62 heavy (non-hydrogen) atoms. The summed E-state index contributed by atoms with van der Waals surface area (Å²) in [5.41, 5.74) is 0.636. The molecule has 0 bridgehead atoms. The van der Waals surface area contributed by atoms with Crippen LogP contribution in [0.2, 0.25) is 0 Å². The quantitative estimate of drug-likeness (QED) is 0.0189. The molecular weight excluding hydrogens is 932 g/mol. The van der Waals surface area contributed by atoms with Crippen molar-refractivity contribution < 1.29 is 52.3 Å². The molecule has 0 amide bonds. The van der Waals surface area contributed by atoms with Gasteiger partial charge in [-0.15, -0.1) is 0 Å². The van der Waals surface area contributed by atoms with Gasteiger partial charge in [0.05, 0.1) is 47.5 Å². The van der Waals surface area contributed by atoms with Crippen LogP contribution >= 0.6 is 31.9 Å². The van der Waals surface area contributed by atoms with Crippen LogP contribution in [0.5, 0.6) is 23.0 Å². The van der Waals surface area contributed by atoms with Gasteiger partial charge < -0.3 is 48.2 Å². The Kier molecular flexibility index (Phi) is 23.5. The summed E-state index contributed by atoms with van der Waals surface area (Å²) in [7, 11) is 3.27. The number of carbonyl (C=O) groups is 3. The summed E-state index contributed by atoms with van der Waals surface area (Å²) in [5, 5.41) is 3.30. The highest BCUT2D eigenvalue weighted by molar-refractivity contribution is 9.11. The number of fused-ring (bicyclic) bond motifs is 1. The number of hydrogen-bond acceptors (Lipinski definition) is 13. The minimum atomic E-state index is -0.744. The molecule has 332 valence electrons. The molecule has 0 radical (unpaired) electrons. The summed E-state index contributed by atoms with van der Waals surface area (Å²) < 4.78 is 43.0. The number of methoxy groups -OCH3 is 2. The number of aromatic nitrogens is 1. The lowest BCUT2D eigenvalue weighted by Crippen LogP contribution is -2.19. The van der Waals surface area contributed by atoms with Crippen LogP contribution in [0.4, 0.5) is 5.69 Å². The number of esters is 3. The van der Waals surface area contributed by atoms with Gasteiger partial charge in [0.2, 0.25) is 5.43 Å². The van der Waals surface area contributed by atoms with Crippen molar-refractivity contribution in [2.45, 2.75) is 33.6 Å². The van der Waals surface area contributed by atoms with Crippen molar-refractivity contribution in [2.24, 2.45) is 0 Å². The van der Waals surface area contributed by atoms with Crippen molar-refractivity contribution in [3.8, 4) is 23.0 Å². The third-order valence-corrected chi connectivity index (χ3v) is 9.23. The monoisotopic (exact) mass is 982 g/mol. The Morgan fingerprint density at radius 1 is 0.661 bits per heavy atom. The molecule has 4 aromatic carbocycles. The number of rotatable bonds is 20. The normalized spacial score (nSPS) is 10.2. The average molecular weight is 985 g/mol. The van der Waals surface area contributed by atoms with Gasteiger partial charge in [0.15, 0.2) is 5.57 Å². The highest BCUT2D eigenvalue weighted by Crippen LogP contribution is 2.30. The number of H-pyrrole nitrogens is 1. The van der Waals surface area contributed by atoms with E-state index < -0.39 is 17.9 Å². The van der Waals surface area contributed by atoms with E-state index in [1.165, 1.54) is 12.4 Å². The van der Waals surface area contributed by atoms with E-state index in [9.17, 15) is 19.2 Å². The topological polar surface area (TPSA) is 170 Å². The number of hydrogen-bond donors (Lipinski definition) is 2. The Morgan fingerprint density at radius 3 is 1.71 bits per heavy atom. The molecule has 0 aliphatic carbocycles. The number of benzene rings is 4. The zero-order chi connectivity index (χ0) is 45.1. The molecule has 0 aliphatic rings. The lowest BCUT2D eigenvalue weighted by atomic mass is 10.1. The van der Waals surface area contributed by atoms with Crippen molar-refractivity contribution in [3.63, 3.8) is 0 Å². The molecule has 0 saturated heterocycles. The summed E-state index contributed by atoms with van der Waals surface area (Å²) in [6.45, 7) is 7.79. The predicted molar refractivity (Wildman–Crippen MR) is 244 cm³/mol. The molecule has 0 spiro atoms. The number of pyridine rings is 1. The maximum Gasteiger partial charge on any atom is 0.347 e. The first kappa shape index (κ1) is 50.7. The molecular formula is C46H52Br2N2O12. The lowest BCUT2D eigenvalue weighted by Gasteiger charge is -2.11. The van der Waals surface area contributed by atoms with Crippen LogP contribution in [0, 0.1) is 0 Å². The van der Waals surface area contributed by atoms with Crippen molar-refractivity contribution in [1.29, 1.82) is 0 Å². The molecule has 5 rings (SSSR count). The smallest absolute Gasteiger partial charge is 0.347 e. The van der Waals surface area contributed by atoms with Gasteiger partial charge in [-0.25, -0.2) is 14.4 Å². The van der Waals surface area contributed by atoms with Gasteiger partial charge in [0.25, 0.3) is 0 Å². The Bertz CT molecular complexity index is 2180. The average Bonchev–Trinajstić information content (AvgIpc) is 3.27. The standard InChI is InChI=1S/C18H24BrNO6.C16H18BrNO5.C12H10O/c1-4-24-17(21)14(18(22)25-5-2)12-20-13-7-8-15(19)16(11-13)26-10-6-9-23-3;1-3-22-16(20)11-9-18-13-8-14(23-6-4-5-21-2)12(17)7-10(13)15(11)19;1-3-7-11(8-4-1)13-12-9-5-2-6-10-12/h7-8,11-12,20H,4-6,9-10H2,1-3H3;7-9H,3-6H2,1-2H3,(H,18,19);1-10H. The largest absolute Gasteiger partial charge is 0.492 e. The van der Waals surface area contributed by atoms with Crippen LogP contribution in [-0.4, -0.2) is 83.4 Å². The zero-order valence-electron chi connectivity index (χ0n) is 35.3. The fourth-order valence-electron chi connectivity index (χ4n) is 5.05. The third-order valence-electron chi connectivity index (χ3n) is 7.96. The van der Waals surface area contributed by atoms with Gasteiger partial charge in [-0.1, -0.05) is 36.4 Å². The van der Waals surface area contributed by atoms with E-state index in [0.717, 1.165) is 28.8 Å². The lowest BCUT2D eigenvalue weighted by molar-refractivity contribution is -0.146. The zero-order valence-corrected chi connectivity index (χ0v) is 38.5. The summed E-state index contributed by atoms with van der Waals surface area (Å²) >= 11 is 6.81. The Labute approximate surface area is 378 Å². The molecule has 0 fully saturated rings. The van der Waals surface area contributed by atoms with E-state index in [0.29, 0.717) is 59.0 Å². The number of ether oxygens (including phenoxy) is 8. The van der Waals surface area contributed by atoms with Crippen LogP contribution in [0.25, 0.3) is 10.9 Å². The van der Waals surface area contributed by atoms with Crippen molar-refractivity contribution >= 4 is 66.4 Å². The Balaban J connectivity index is 0.000000260. The van der Waals surface area contributed by atoms with Crippen LogP contribution in [-0.2, 0) is 33.3 Å². The van der Waals surface area contributed by atoms with Crippen LogP contribution in [0.3, 0.4) is 0 Å². The SMILES string of the molecule is CCOC(=O)C(=CNc1ccc(Br)c(OCCCOC)c1)C(=O)OCC.CCOC(=O)c1c[nH]c2cc(OCCCOC)c(Br)cc2c1=O.c1ccc(Oc2ccccc2)cc1. The van der Waals surface area contributed by atoms with Crippen molar-refractivity contribution in [3.05, 3.63) is 134 Å². The van der Waals surface area contributed by atoms with E-state index in [2.05, 4.69) is 42.2 Å². The molecule has 14 nitrogen and oxygen atoms in total. The first-order valence-corrected chi connectivity index (χ1v) is 21.3. The van der Waals surface area contributed by atoms with Gasteiger partial charge in [-0.05, 0) is 95.1 Å². The maximum absolute atomic E-state index is 12.4. The minimum Gasteiger partial charge on any atom is -0.492 e. The Morgan fingerprint density at radius 2 is 1.19 bits per heavy atom. The molecule has 0 atom stereocenters. The Hall–Kier alpha value is -5.68. The number of carbonyl (C=O) groups excluding carboxylic acids is 3. The van der Waals surface area contributed by atoms with Gasteiger partial charge in [0.1, 0.15) is 28.6 Å². The van der Waals surface area contributed by atoms with Crippen LogP contribution < -0.4 is 25.0 Å². The number of anilines is 1. The fourth-order valence-corrected chi connectivity index (χ4v) is 5.87. The van der Waals surface area contributed by atoms with Gasteiger partial charge in [0, 0.05) is 75.9 Å².